The lowest BCUT2D eigenvalue weighted by molar-refractivity contribution is 0.568. The Morgan fingerprint density at radius 3 is 1.80 bits per heavy atom. The van der Waals surface area contributed by atoms with Gasteiger partial charge in [-0.1, -0.05) is 0 Å². The van der Waals surface area contributed by atoms with Crippen LogP contribution in [0.25, 0.3) is 0 Å². The summed E-state index contributed by atoms with van der Waals surface area (Å²) in [6, 6.07) is 0. The molecule has 0 aliphatic heterocycles. The van der Waals surface area contributed by atoms with Crippen LogP contribution in [0.1, 0.15) is 25.7 Å². The summed E-state index contributed by atoms with van der Waals surface area (Å²) in [6.45, 7) is 5.94. The Kier molecular flexibility index (Phi) is 14.3. The maximum Gasteiger partial charge on any atom is 0.0120 e. The van der Waals surface area contributed by atoms with E-state index < -0.39 is 0 Å². The zero-order valence-electron chi connectivity index (χ0n) is 9.53. The van der Waals surface area contributed by atoms with Crippen molar-refractivity contribution in [1.82, 2.24) is 15.5 Å². The second-order valence-electron chi connectivity index (χ2n) is 3.59. The van der Waals surface area contributed by atoms with Crippen molar-refractivity contribution in [1.29, 1.82) is 0 Å². The predicted molar refractivity (Wildman–Crippen MR) is 67.1 cm³/mol. The number of halogens is 1. The molecule has 0 saturated heterocycles. The molecule has 0 fully saturated rings. The van der Waals surface area contributed by atoms with Crippen LogP contribution < -0.4 is 21.2 Å². The number of nitrogens with one attached hydrogen (secondary N) is 3. The molecule has 0 aliphatic carbocycles. The Labute approximate surface area is 98.4 Å². The number of unbranched alkanes of at least 4 members (excludes halogenated alkanes) is 1. The minimum Gasteiger partial charge on any atom is -0.330 e. The van der Waals surface area contributed by atoms with E-state index in [2.05, 4.69) is 15.5 Å². The summed E-state index contributed by atoms with van der Waals surface area (Å²) in [5, 5.41) is 6.74. The van der Waals surface area contributed by atoms with Gasteiger partial charge < -0.3 is 16.4 Å². The summed E-state index contributed by atoms with van der Waals surface area (Å²) in [4.78, 5) is 2.61. The van der Waals surface area contributed by atoms with Gasteiger partial charge in [0.15, 0.2) is 0 Å². The quantitative estimate of drug-likeness (QED) is 0.293. The molecule has 0 aromatic rings. The fraction of sp³-hybridized carbons (Fsp3) is 1.00. The van der Waals surface area contributed by atoms with Crippen molar-refractivity contribution < 1.29 is 0 Å². The minimum absolute atomic E-state index is 0.781. The van der Waals surface area contributed by atoms with Gasteiger partial charge >= 0.3 is 0 Å². The van der Waals surface area contributed by atoms with Crippen LogP contribution in [0.15, 0.2) is 0 Å². The third kappa shape index (κ3) is 14.1. The molecule has 0 unspecified atom stereocenters. The molecule has 0 rings (SSSR count). The standard InChI is InChI=1S/C10H25ClN4/c11-15-10-4-9-14-7-2-1-6-13-8-3-5-12/h13-15H,1-10,12H2. The average molecular weight is 237 g/mol. The van der Waals surface area contributed by atoms with E-state index in [0.29, 0.717) is 0 Å². The van der Waals surface area contributed by atoms with Crippen LogP contribution in [-0.2, 0) is 0 Å². The Morgan fingerprint density at radius 2 is 1.27 bits per heavy atom. The lowest BCUT2D eigenvalue weighted by Crippen LogP contribution is -2.22. The van der Waals surface area contributed by atoms with Crippen molar-refractivity contribution in [2.24, 2.45) is 5.73 Å². The molecule has 92 valence electrons. The van der Waals surface area contributed by atoms with Crippen molar-refractivity contribution in [2.75, 3.05) is 39.3 Å². The molecular formula is C10H25ClN4. The van der Waals surface area contributed by atoms with Crippen LogP contribution in [0.3, 0.4) is 0 Å². The Hall–Kier alpha value is 0.130. The lowest BCUT2D eigenvalue weighted by atomic mass is 10.3. The number of hydrogen-bond acceptors (Lipinski definition) is 4. The largest absolute Gasteiger partial charge is 0.330 e. The normalized spacial score (nSPS) is 10.8. The predicted octanol–water partition coefficient (Wildman–Crippen LogP) is 0.428. The summed E-state index contributed by atoms with van der Waals surface area (Å²) < 4.78 is 0. The van der Waals surface area contributed by atoms with E-state index in [9.17, 15) is 0 Å². The smallest absolute Gasteiger partial charge is 0.0120 e. The van der Waals surface area contributed by atoms with E-state index in [1.807, 2.05) is 0 Å². The van der Waals surface area contributed by atoms with Crippen molar-refractivity contribution in [3.63, 3.8) is 0 Å². The highest BCUT2D eigenvalue weighted by atomic mass is 35.5. The molecule has 5 heteroatoms. The van der Waals surface area contributed by atoms with Crippen LogP contribution in [0.4, 0.5) is 0 Å². The molecule has 0 amide bonds. The summed E-state index contributed by atoms with van der Waals surface area (Å²) >= 11 is 5.33. The molecule has 0 bridgehead atoms. The Morgan fingerprint density at radius 1 is 0.733 bits per heavy atom. The van der Waals surface area contributed by atoms with Crippen molar-refractivity contribution in [2.45, 2.75) is 25.7 Å². The lowest BCUT2D eigenvalue weighted by Gasteiger charge is -2.05. The van der Waals surface area contributed by atoms with Gasteiger partial charge in [-0.3, -0.25) is 0 Å². The first-order valence-corrected chi connectivity index (χ1v) is 6.24. The molecular weight excluding hydrogens is 212 g/mol. The average Bonchev–Trinajstić information content (AvgIpc) is 2.26. The monoisotopic (exact) mass is 236 g/mol. The topological polar surface area (TPSA) is 62.1 Å². The van der Waals surface area contributed by atoms with Crippen molar-refractivity contribution in [3.05, 3.63) is 0 Å². The highest BCUT2D eigenvalue weighted by molar-refractivity contribution is 6.13. The van der Waals surface area contributed by atoms with Crippen LogP contribution in [0.5, 0.6) is 0 Å². The number of hydrogen-bond donors (Lipinski definition) is 4. The van der Waals surface area contributed by atoms with Gasteiger partial charge in [-0.2, -0.15) is 0 Å². The molecule has 4 nitrogen and oxygen atoms in total. The second kappa shape index (κ2) is 14.1. The first kappa shape index (κ1) is 15.1. The van der Waals surface area contributed by atoms with Crippen molar-refractivity contribution in [3.8, 4) is 0 Å². The third-order valence-electron chi connectivity index (χ3n) is 2.14. The van der Waals surface area contributed by atoms with E-state index in [0.717, 1.165) is 52.1 Å². The fourth-order valence-corrected chi connectivity index (χ4v) is 1.39. The summed E-state index contributed by atoms with van der Waals surface area (Å²) in [5.41, 5.74) is 5.38. The van der Waals surface area contributed by atoms with Gasteiger partial charge in [0.25, 0.3) is 0 Å². The molecule has 0 saturated carbocycles. The molecule has 0 aromatic carbocycles. The third-order valence-corrected chi connectivity index (χ3v) is 2.33. The van der Waals surface area contributed by atoms with Crippen LogP contribution in [-0.4, -0.2) is 39.3 Å². The number of nitrogens with two attached hydrogens (primary N) is 1. The van der Waals surface area contributed by atoms with Crippen LogP contribution in [0, 0.1) is 0 Å². The van der Waals surface area contributed by atoms with E-state index in [-0.39, 0.29) is 0 Å². The highest BCUT2D eigenvalue weighted by Gasteiger charge is 1.90. The van der Waals surface area contributed by atoms with Crippen molar-refractivity contribution >= 4 is 11.8 Å². The van der Waals surface area contributed by atoms with Gasteiger partial charge in [0.05, 0.1) is 0 Å². The molecule has 5 N–H and O–H groups in total. The van der Waals surface area contributed by atoms with Gasteiger partial charge in [-0.15, -0.1) is 0 Å². The first-order valence-electron chi connectivity index (χ1n) is 5.86. The Balaban J connectivity index is 2.81. The highest BCUT2D eigenvalue weighted by Crippen LogP contribution is 1.85. The summed E-state index contributed by atoms with van der Waals surface area (Å²) in [5.74, 6) is 0. The van der Waals surface area contributed by atoms with E-state index >= 15 is 0 Å². The molecule has 0 aliphatic rings. The molecule has 0 radical (unpaired) electrons. The maximum atomic E-state index is 5.38. The zero-order valence-corrected chi connectivity index (χ0v) is 10.3. The van der Waals surface area contributed by atoms with Gasteiger partial charge in [-0.25, -0.2) is 4.84 Å². The fourth-order valence-electron chi connectivity index (χ4n) is 1.26. The Bertz CT molecular complexity index is 102. The van der Waals surface area contributed by atoms with Gasteiger partial charge in [0, 0.05) is 6.54 Å². The minimum atomic E-state index is 0.781. The molecule has 0 aromatic heterocycles. The summed E-state index contributed by atoms with van der Waals surface area (Å²) in [7, 11) is 0. The van der Waals surface area contributed by atoms with Gasteiger partial charge in [-0.05, 0) is 70.2 Å². The zero-order chi connectivity index (χ0) is 11.2. The van der Waals surface area contributed by atoms with E-state index in [4.69, 9.17) is 17.5 Å². The van der Waals surface area contributed by atoms with E-state index in [1.165, 1.54) is 12.8 Å². The van der Waals surface area contributed by atoms with E-state index in [1.54, 1.807) is 0 Å². The van der Waals surface area contributed by atoms with Gasteiger partial charge in [0.2, 0.25) is 0 Å². The molecule has 0 atom stereocenters. The number of rotatable bonds is 12. The van der Waals surface area contributed by atoms with Gasteiger partial charge in [0.1, 0.15) is 0 Å². The second-order valence-corrected chi connectivity index (χ2v) is 3.85. The summed E-state index contributed by atoms with van der Waals surface area (Å²) in [6.07, 6.45) is 4.61. The van der Waals surface area contributed by atoms with Crippen LogP contribution in [0.2, 0.25) is 0 Å². The first-order chi connectivity index (χ1) is 7.41. The SMILES string of the molecule is NCCCNCCCCNCCCNCl. The molecule has 15 heavy (non-hydrogen) atoms. The maximum absolute atomic E-state index is 5.38. The van der Waals surface area contributed by atoms with Crippen LogP contribution >= 0.6 is 11.8 Å². The molecule has 0 heterocycles. The molecule has 0 spiro atoms.